The largest absolute Gasteiger partial charge is 0.390 e. The van der Waals surface area contributed by atoms with Crippen molar-refractivity contribution >= 4 is 0 Å². The van der Waals surface area contributed by atoms with Crippen LogP contribution < -0.4 is 0 Å². The van der Waals surface area contributed by atoms with E-state index in [-0.39, 0.29) is 5.60 Å². The third kappa shape index (κ3) is 1.11. The summed E-state index contributed by atoms with van der Waals surface area (Å²) < 4.78 is 0. The molecule has 0 radical (unpaired) electrons. The first-order chi connectivity index (χ1) is 7.41. The molecule has 3 aliphatic rings. The van der Waals surface area contributed by atoms with Crippen molar-refractivity contribution in [2.75, 3.05) is 0 Å². The van der Waals surface area contributed by atoms with E-state index in [1.807, 2.05) is 0 Å². The third-order valence-corrected chi connectivity index (χ3v) is 6.35. The summed E-state index contributed by atoms with van der Waals surface area (Å²) in [5, 5.41) is 10.5. The van der Waals surface area contributed by atoms with Crippen molar-refractivity contribution in [2.24, 2.45) is 35.0 Å². The fourth-order valence-corrected chi connectivity index (χ4v) is 5.57. The van der Waals surface area contributed by atoms with Crippen LogP contribution in [0.1, 0.15) is 53.4 Å². The molecule has 1 unspecified atom stereocenters. The van der Waals surface area contributed by atoms with E-state index in [0.29, 0.717) is 11.3 Å². The van der Waals surface area contributed by atoms with Crippen LogP contribution >= 0.6 is 0 Å². The van der Waals surface area contributed by atoms with Crippen LogP contribution in [0.3, 0.4) is 0 Å². The number of fused-ring (bicyclic) bond motifs is 1. The second kappa shape index (κ2) is 3.04. The molecule has 3 fully saturated rings. The van der Waals surface area contributed by atoms with Gasteiger partial charge in [-0.3, -0.25) is 0 Å². The molecule has 1 nitrogen and oxygen atoms in total. The van der Waals surface area contributed by atoms with Crippen molar-refractivity contribution in [1.82, 2.24) is 0 Å². The molecule has 1 N–H and O–H groups in total. The van der Waals surface area contributed by atoms with Gasteiger partial charge in [0.15, 0.2) is 0 Å². The Labute approximate surface area is 99.6 Å². The van der Waals surface area contributed by atoms with Crippen LogP contribution in [0.5, 0.6) is 0 Å². The van der Waals surface area contributed by atoms with E-state index in [1.54, 1.807) is 0 Å². The first kappa shape index (κ1) is 11.1. The molecule has 0 aliphatic heterocycles. The standard InChI is InChI=1S/C15H26O/c1-9(2)11-6-5-10(3)15-8-7-14(4,16)13(15)12(11)15/h9-13,16H,5-8H2,1-4H3/t10-,11-,12+,13?,14-,15+/m0/s1. The van der Waals surface area contributed by atoms with Gasteiger partial charge < -0.3 is 5.11 Å². The highest BCUT2D eigenvalue weighted by Crippen LogP contribution is 2.80. The maximum atomic E-state index is 10.5. The Balaban J connectivity index is 1.92. The number of rotatable bonds is 1. The summed E-state index contributed by atoms with van der Waals surface area (Å²) in [6.45, 7) is 9.27. The van der Waals surface area contributed by atoms with Gasteiger partial charge in [0.25, 0.3) is 0 Å². The Bertz CT molecular complexity index is 307. The highest BCUT2D eigenvalue weighted by Gasteiger charge is 2.77. The maximum absolute atomic E-state index is 10.5. The molecule has 1 spiro atoms. The van der Waals surface area contributed by atoms with E-state index in [0.717, 1.165) is 30.1 Å². The molecule has 0 aromatic rings. The van der Waals surface area contributed by atoms with E-state index in [2.05, 4.69) is 27.7 Å². The van der Waals surface area contributed by atoms with Crippen LogP contribution in [-0.2, 0) is 0 Å². The van der Waals surface area contributed by atoms with Crippen molar-refractivity contribution in [2.45, 2.75) is 59.0 Å². The van der Waals surface area contributed by atoms with Crippen molar-refractivity contribution in [1.29, 1.82) is 0 Å². The Morgan fingerprint density at radius 2 is 1.88 bits per heavy atom. The Morgan fingerprint density at radius 1 is 1.19 bits per heavy atom. The van der Waals surface area contributed by atoms with Gasteiger partial charge in [-0.05, 0) is 67.6 Å². The first-order valence-corrected chi connectivity index (χ1v) is 7.13. The summed E-state index contributed by atoms with van der Waals surface area (Å²) >= 11 is 0. The molecule has 0 heterocycles. The minimum atomic E-state index is -0.351. The van der Waals surface area contributed by atoms with Crippen molar-refractivity contribution in [3.63, 3.8) is 0 Å². The zero-order valence-corrected chi connectivity index (χ0v) is 11.2. The lowest BCUT2D eigenvalue weighted by Crippen LogP contribution is -2.30. The van der Waals surface area contributed by atoms with Gasteiger partial charge in [0.1, 0.15) is 0 Å². The van der Waals surface area contributed by atoms with Gasteiger partial charge >= 0.3 is 0 Å². The molecule has 1 heteroatoms. The Morgan fingerprint density at radius 3 is 2.50 bits per heavy atom. The summed E-state index contributed by atoms with van der Waals surface area (Å²) in [5.41, 5.74) is 0.201. The topological polar surface area (TPSA) is 20.2 Å². The molecule has 6 atom stereocenters. The van der Waals surface area contributed by atoms with Crippen LogP contribution in [0.2, 0.25) is 0 Å². The summed E-state index contributed by atoms with van der Waals surface area (Å²) in [5.74, 6) is 4.01. The van der Waals surface area contributed by atoms with Crippen molar-refractivity contribution < 1.29 is 5.11 Å². The second-order valence-electron chi connectivity index (χ2n) is 7.36. The average Bonchev–Trinajstić information content (AvgIpc) is 2.79. The number of aliphatic hydroxyl groups is 1. The predicted octanol–water partition coefficient (Wildman–Crippen LogP) is 3.47. The predicted molar refractivity (Wildman–Crippen MR) is 66.0 cm³/mol. The first-order valence-electron chi connectivity index (χ1n) is 7.13. The van der Waals surface area contributed by atoms with E-state index in [4.69, 9.17) is 0 Å². The molecule has 3 aliphatic carbocycles. The molecule has 3 saturated carbocycles. The van der Waals surface area contributed by atoms with E-state index in [1.165, 1.54) is 19.3 Å². The lowest BCUT2D eigenvalue weighted by Gasteiger charge is -2.36. The Hall–Kier alpha value is -0.0400. The minimum Gasteiger partial charge on any atom is -0.390 e. The van der Waals surface area contributed by atoms with Gasteiger partial charge in [-0.15, -0.1) is 0 Å². The highest BCUT2D eigenvalue weighted by atomic mass is 16.3. The van der Waals surface area contributed by atoms with Gasteiger partial charge in [0.05, 0.1) is 5.60 Å². The summed E-state index contributed by atoms with van der Waals surface area (Å²) in [6.07, 6.45) is 5.13. The molecule has 92 valence electrons. The normalized spacial score (nSPS) is 59.6. The Kier molecular flexibility index (Phi) is 2.11. The van der Waals surface area contributed by atoms with Crippen molar-refractivity contribution in [3.05, 3.63) is 0 Å². The van der Waals surface area contributed by atoms with Crippen LogP contribution in [0.15, 0.2) is 0 Å². The summed E-state index contributed by atoms with van der Waals surface area (Å²) in [6, 6.07) is 0. The number of hydrogen-bond donors (Lipinski definition) is 1. The molecule has 0 amide bonds. The van der Waals surface area contributed by atoms with Gasteiger partial charge in [-0.1, -0.05) is 20.8 Å². The SMILES string of the molecule is CC(C)[C@@H]1CC[C@H](C)[C@@]23CC[C@](C)(O)C2[C@@H]13. The van der Waals surface area contributed by atoms with Gasteiger partial charge in [0.2, 0.25) is 0 Å². The molecule has 16 heavy (non-hydrogen) atoms. The van der Waals surface area contributed by atoms with E-state index in [9.17, 15) is 5.11 Å². The molecule has 0 aromatic carbocycles. The molecular weight excluding hydrogens is 196 g/mol. The van der Waals surface area contributed by atoms with Gasteiger partial charge in [-0.2, -0.15) is 0 Å². The maximum Gasteiger partial charge on any atom is 0.0656 e. The molecule has 0 bridgehead atoms. The summed E-state index contributed by atoms with van der Waals surface area (Å²) in [4.78, 5) is 0. The fourth-order valence-electron chi connectivity index (χ4n) is 5.57. The van der Waals surface area contributed by atoms with Crippen LogP contribution in [0.25, 0.3) is 0 Å². The van der Waals surface area contributed by atoms with E-state index < -0.39 is 0 Å². The molecular formula is C15H26O. The quantitative estimate of drug-likeness (QED) is 0.720. The third-order valence-electron chi connectivity index (χ3n) is 6.35. The lowest BCUT2D eigenvalue weighted by atomic mass is 9.69. The van der Waals surface area contributed by atoms with Gasteiger partial charge in [0, 0.05) is 0 Å². The van der Waals surface area contributed by atoms with Crippen LogP contribution in [0, 0.1) is 35.0 Å². The van der Waals surface area contributed by atoms with Gasteiger partial charge in [-0.25, -0.2) is 0 Å². The average molecular weight is 222 g/mol. The highest BCUT2D eigenvalue weighted by molar-refractivity contribution is 5.26. The van der Waals surface area contributed by atoms with Crippen LogP contribution in [-0.4, -0.2) is 10.7 Å². The fraction of sp³-hybridized carbons (Fsp3) is 1.00. The number of hydrogen-bond acceptors (Lipinski definition) is 1. The van der Waals surface area contributed by atoms with E-state index >= 15 is 0 Å². The molecule has 0 aromatic heterocycles. The van der Waals surface area contributed by atoms with Crippen LogP contribution in [0.4, 0.5) is 0 Å². The summed E-state index contributed by atoms with van der Waals surface area (Å²) in [7, 11) is 0. The lowest BCUT2D eigenvalue weighted by molar-refractivity contribution is 0.0291. The monoisotopic (exact) mass is 222 g/mol. The molecule has 3 rings (SSSR count). The second-order valence-corrected chi connectivity index (χ2v) is 7.36. The minimum absolute atomic E-state index is 0.351. The smallest absolute Gasteiger partial charge is 0.0656 e. The zero-order chi connectivity index (χ0) is 11.7. The molecule has 0 saturated heterocycles. The van der Waals surface area contributed by atoms with Crippen molar-refractivity contribution in [3.8, 4) is 0 Å². The zero-order valence-electron chi connectivity index (χ0n) is 11.2.